The zero-order valence-corrected chi connectivity index (χ0v) is 11.1. The molecule has 1 N–H and O–H groups in total. The number of likely N-dealkylation sites (tertiary alicyclic amines) is 1. The number of hydrogen-bond acceptors (Lipinski definition) is 4. The summed E-state index contributed by atoms with van der Waals surface area (Å²) in [4.78, 5) is 23.1. The number of aliphatic hydroxyl groups excluding tert-OH is 1. The second-order valence-corrected chi connectivity index (χ2v) is 4.95. The molecule has 0 aromatic heterocycles. The number of hydrogen-bond donors (Lipinski definition) is 1. The summed E-state index contributed by atoms with van der Waals surface area (Å²) in [5.74, 6) is -3.66. The van der Waals surface area contributed by atoms with E-state index in [0.717, 1.165) is 6.42 Å². The van der Waals surface area contributed by atoms with Crippen LogP contribution in [0.5, 0.6) is 0 Å². The number of amides is 1. The lowest BCUT2D eigenvalue weighted by Crippen LogP contribution is -2.41. The van der Waals surface area contributed by atoms with Crippen LogP contribution in [0.25, 0.3) is 0 Å². The molecular weight excluding hydrogens is 286 g/mol. The van der Waals surface area contributed by atoms with Gasteiger partial charge in [0, 0.05) is 25.8 Å². The highest BCUT2D eigenvalue weighted by Gasteiger charge is 2.31. The maximum Gasteiger partial charge on any atom is 0.305 e. The molecule has 0 radical (unpaired) electrons. The van der Waals surface area contributed by atoms with Crippen molar-refractivity contribution >= 4 is 11.6 Å². The minimum atomic E-state index is -1.46. The first-order valence-corrected chi connectivity index (χ1v) is 6.48. The molecule has 1 saturated heterocycles. The van der Waals surface area contributed by atoms with E-state index in [1.165, 1.54) is 4.90 Å². The van der Waals surface area contributed by atoms with Gasteiger partial charge in [-0.2, -0.15) is 4.39 Å². The van der Waals surface area contributed by atoms with Crippen molar-refractivity contribution in [1.29, 1.82) is 0 Å². The Balaban J connectivity index is 2.34. The molecule has 1 aromatic carbocycles. The molecule has 114 valence electrons. The summed E-state index contributed by atoms with van der Waals surface area (Å²) in [6, 6.07) is 1.40. The monoisotopic (exact) mass is 300 g/mol. The van der Waals surface area contributed by atoms with Crippen molar-refractivity contribution in [2.24, 2.45) is 5.92 Å². The summed E-state index contributed by atoms with van der Waals surface area (Å²) >= 11 is 0. The third-order valence-corrected chi connectivity index (χ3v) is 3.55. The number of nitro groups is 1. The lowest BCUT2D eigenvalue weighted by Gasteiger charge is -2.32. The molecule has 2 rings (SSSR count). The van der Waals surface area contributed by atoms with E-state index in [9.17, 15) is 23.7 Å². The van der Waals surface area contributed by atoms with Gasteiger partial charge in [0.1, 0.15) is 11.4 Å². The number of aliphatic hydroxyl groups is 1. The van der Waals surface area contributed by atoms with E-state index in [4.69, 9.17) is 5.11 Å². The molecule has 1 amide bonds. The van der Waals surface area contributed by atoms with Gasteiger partial charge in [0.2, 0.25) is 5.82 Å². The molecule has 6 nitrogen and oxygen atoms in total. The molecule has 1 atom stereocenters. The molecule has 1 aromatic rings. The highest BCUT2D eigenvalue weighted by Crippen LogP contribution is 2.26. The zero-order chi connectivity index (χ0) is 15.6. The molecule has 1 fully saturated rings. The molecule has 1 aliphatic heterocycles. The van der Waals surface area contributed by atoms with E-state index in [1.807, 2.05) is 0 Å². The molecule has 0 bridgehead atoms. The van der Waals surface area contributed by atoms with Gasteiger partial charge >= 0.3 is 5.69 Å². The fourth-order valence-corrected chi connectivity index (χ4v) is 2.44. The average molecular weight is 300 g/mol. The third-order valence-electron chi connectivity index (χ3n) is 3.55. The maximum atomic E-state index is 14.0. The highest BCUT2D eigenvalue weighted by molar-refractivity contribution is 5.95. The van der Waals surface area contributed by atoms with Gasteiger partial charge in [-0.1, -0.05) is 0 Å². The van der Waals surface area contributed by atoms with Crippen LogP contribution in [0.1, 0.15) is 23.2 Å². The van der Waals surface area contributed by atoms with Crippen LogP contribution in [0.4, 0.5) is 14.5 Å². The second-order valence-electron chi connectivity index (χ2n) is 4.95. The highest BCUT2D eigenvalue weighted by atomic mass is 19.1. The summed E-state index contributed by atoms with van der Waals surface area (Å²) < 4.78 is 27.7. The normalized spacial score (nSPS) is 18.6. The van der Waals surface area contributed by atoms with E-state index in [0.29, 0.717) is 25.1 Å². The van der Waals surface area contributed by atoms with Crippen LogP contribution in [-0.2, 0) is 0 Å². The molecular formula is C13H14F2N2O4. The smallest absolute Gasteiger partial charge is 0.305 e. The van der Waals surface area contributed by atoms with Crippen molar-refractivity contribution in [3.8, 4) is 0 Å². The van der Waals surface area contributed by atoms with Gasteiger partial charge in [-0.3, -0.25) is 14.9 Å². The molecule has 0 spiro atoms. The van der Waals surface area contributed by atoms with Crippen molar-refractivity contribution in [1.82, 2.24) is 4.90 Å². The van der Waals surface area contributed by atoms with Gasteiger partial charge in [-0.15, -0.1) is 0 Å². The van der Waals surface area contributed by atoms with Crippen LogP contribution in [-0.4, -0.2) is 40.5 Å². The number of nitro benzene ring substituents is 1. The first-order chi connectivity index (χ1) is 9.95. The number of benzene rings is 1. The number of nitrogens with zero attached hydrogens (tertiary/aromatic N) is 2. The van der Waals surface area contributed by atoms with Crippen LogP contribution in [0.2, 0.25) is 0 Å². The number of halogens is 2. The minimum Gasteiger partial charge on any atom is -0.396 e. The van der Waals surface area contributed by atoms with E-state index in [1.54, 1.807) is 0 Å². The SMILES string of the molecule is O=C(c1c(F)ccc([N+](=O)[O-])c1F)N1CCCC(CO)C1. The third kappa shape index (κ3) is 2.99. The van der Waals surface area contributed by atoms with Gasteiger partial charge in [-0.25, -0.2) is 4.39 Å². The number of rotatable bonds is 3. The lowest BCUT2D eigenvalue weighted by molar-refractivity contribution is -0.387. The van der Waals surface area contributed by atoms with Crippen molar-refractivity contribution in [2.75, 3.05) is 19.7 Å². The van der Waals surface area contributed by atoms with E-state index < -0.39 is 33.7 Å². The summed E-state index contributed by atoms with van der Waals surface area (Å²) in [5, 5.41) is 19.8. The topological polar surface area (TPSA) is 83.7 Å². The van der Waals surface area contributed by atoms with Crippen LogP contribution in [0, 0.1) is 27.7 Å². The van der Waals surface area contributed by atoms with Crippen LogP contribution >= 0.6 is 0 Å². The van der Waals surface area contributed by atoms with Gasteiger partial charge in [0.05, 0.1) is 4.92 Å². The van der Waals surface area contributed by atoms with Crippen LogP contribution < -0.4 is 0 Å². The zero-order valence-electron chi connectivity index (χ0n) is 11.1. The lowest BCUT2D eigenvalue weighted by atomic mass is 9.98. The molecule has 1 heterocycles. The van der Waals surface area contributed by atoms with Gasteiger partial charge in [0.15, 0.2) is 0 Å². The van der Waals surface area contributed by atoms with Gasteiger partial charge in [-0.05, 0) is 24.8 Å². The summed E-state index contributed by atoms with van der Waals surface area (Å²) in [6.45, 7) is 0.359. The van der Waals surface area contributed by atoms with Crippen LogP contribution in [0.15, 0.2) is 12.1 Å². The first-order valence-electron chi connectivity index (χ1n) is 6.48. The first kappa shape index (κ1) is 15.3. The van der Waals surface area contributed by atoms with Gasteiger partial charge in [0.25, 0.3) is 5.91 Å². The second kappa shape index (κ2) is 6.13. The maximum absolute atomic E-state index is 14.0. The molecule has 1 unspecified atom stereocenters. The van der Waals surface area contributed by atoms with Crippen molar-refractivity contribution < 1.29 is 23.6 Å². The Labute approximate surface area is 119 Å². The molecule has 21 heavy (non-hydrogen) atoms. The fraction of sp³-hybridized carbons (Fsp3) is 0.462. The number of carbonyl (C=O) groups excluding carboxylic acids is 1. The Morgan fingerprint density at radius 2 is 2.19 bits per heavy atom. The van der Waals surface area contributed by atoms with E-state index in [2.05, 4.69) is 0 Å². The van der Waals surface area contributed by atoms with Crippen molar-refractivity contribution in [3.05, 3.63) is 39.4 Å². The Hall–Kier alpha value is -2.09. The Bertz CT molecular complexity index is 580. The standard InChI is InChI=1S/C13H14F2N2O4/c14-9-3-4-10(17(20)21)12(15)11(9)13(19)16-5-1-2-8(6-16)7-18/h3-4,8,18H,1-2,5-7H2. The van der Waals surface area contributed by atoms with Gasteiger partial charge < -0.3 is 10.0 Å². The summed E-state index contributed by atoms with van der Waals surface area (Å²) in [5.41, 5.74) is -1.85. The molecule has 0 aliphatic carbocycles. The van der Waals surface area contributed by atoms with Crippen molar-refractivity contribution in [3.63, 3.8) is 0 Å². The quantitative estimate of drug-likeness (QED) is 0.680. The van der Waals surface area contributed by atoms with E-state index in [-0.39, 0.29) is 19.1 Å². The molecule has 0 saturated carbocycles. The Kier molecular flexibility index (Phi) is 4.46. The Morgan fingerprint density at radius 1 is 1.48 bits per heavy atom. The number of piperidine rings is 1. The molecule has 1 aliphatic rings. The average Bonchev–Trinajstić information content (AvgIpc) is 2.46. The minimum absolute atomic E-state index is 0.121. The summed E-state index contributed by atoms with van der Waals surface area (Å²) in [7, 11) is 0. The Morgan fingerprint density at radius 3 is 2.81 bits per heavy atom. The number of carbonyl (C=O) groups is 1. The summed E-state index contributed by atoms with van der Waals surface area (Å²) in [6.07, 6.45) is 1.33. The van der Waals surface area contributed by atoms with Crippen LogP contribution in [0.3, 0.4) is 0 Å². The largest absolute Gasteiger partial charge is 0.396 e. The fourth-order valence-electron chi connectivity index (χ4n) is 2.44. The van der Waals surface area contributed by atoms with E-state index >= 15 is 0 Å². The predicted molar refractivity (Wildman–Crippen MR) is 68.7 cm³/mol. The van der Waals surface area contributed by atoms with Crippen molar-refractivity contribution in [2.45, 2.75) is 12.8 Å². The molecule has 8 heteroatoms. The predicted octanol–water partition coefficient (Wildman–Crippen LogP) is 1.72.